The fourth-order valence-electron chi connectivity index (χ4n) is 4.74. The molecule has 4 unspecified atom stereocenters. The van der Waals surface area contributed by atoms with Crippen LogP contribution in [0.25, 0.3) is 0 Å². The molecule has 0 spiro atoms. The summed E-state index contributed by atoms with van der Waals surface area (Å²) in [6, 6.07) is 8.36. The van der Waals surface area contributed by atoms with E-state index in [1.165, 1.54) is 14.2 Å². The minimum absolute atomic E-state index is 0.104. The van der Waals surface area contributed by atoms with Crippen LogP contribution in [0.5, 0.6) is 34.5 Å². The number of hydrogen-bond donors (Lipinski definition) is 0. The fraction of sp³-hybridized carbons (Fsp3) is 0.379. The lowest BCUT2D eigenvalue weighted by Gasteiger charge is -2.56. The molecule has 0 bridgehead atoms. The van der Waals surface area contributed by atoms with E-state index in [2.05, 4.69) is 18.9 Å². The van der Waals surface area contributed by atoms with Crippen LogP contribution in [0.1, 0.15) is 5.56 Å². The van der Waals surface area contributed by atoms with Crippen LogP contribution >= 0.6 is 0 Å². The molecular formula is C29H20F12O6. The van der Waals surface area contributed by atoms with E-state index in [9.17, 15) is 35.1 Å². The smallest absolute Gasteiger partial charge is 0.395 e. The van der Waals surface area contributed by atoms with Crippen LogP contribution in [0.2, 0.25) is 0 Å². The molecule has 0 aromatic heterocycles. The van der Waals surface area contributed by atoms with E-state index in [0.29, 0.717) is 18.2 Å². The molecule has 0 radical (unpaired) electrons. The summed E-state index contributed by atoms with van der Waals surface area (Å²) in [6.07, 6.45) is 0. The molecule has 0 heterocycles. The van der Waals surface area contributed by atoms with Gasteiger partial charge in [0.2, 0.25) is 0 Å². The van der Waals surface area contributed by atoms with Gasteiger partial charge in [-0.2, -0.15) is 52.7 Å². The summed E-state index contributed by atoms with van der Waals surface area (Å²) in [5, 5.41) is 0. The minimum Gasteiger partial charge on any atom is -0.497 e. The van der Waals surface area contributed by atoms with Gasteiger partial charge in [-0.25, -0.2) is 0 Å². The van der Waals surface area contributed by atoms with E-state index in [1.807, 2.05) is 0 Å². The third-order valence-electron chi connectivity index (χ3n) is 7.52. The SMILES string of the molecule is COc1ccc(OC2(F)C(F)(F)C(F)(F)C2(F)Oc2ccc(OC3(F)C(F)(F)C(F)(F)C3(F)Oc3ccc(OC)cc3)c(C)c2)cc1. The van der Waals surface area contributed by atoms with Crippen molar-refractivity contribution in [2.24, 2.45) is 0 Å². The highest BCUT2D eigenvalue weighted by Gasteiger charge is 3.04. The molecular weight excluding hydrogens is 672 g/mol. The summed E-state index contributed by atoms with van der Waals surface area (Å²) in [6.45, 7) is 0.805. The van der Waals surface area contributed by atoms with Crippen LogP contribution in [0.15, 0.2) is 66.7 Å². The van der Waals surface area contributed by atoms with Crippen molar-refractivity contribution in [3.05, 3.63) is 72.3 Å². The first-order chi connectivity index (χ1) is 21.6. The summed E-state index contributed by atoms with van der Waals surface area (Å²) in [7, 11) is 2.41. The Balaban J connectivity index is 1.43. The molecule has 0 aliphatic heterocycles. The third kappa shape index (κ3) is 4.21. The van der Waals surface area contributed by atoms with Gasteiger partial charge in [0, 0.05) is 0 Å². The van der Waals surface area contributed by atoms with Crippen molar-refractivity contribution < 1.29 is 81.1 Å². The molecule has 0 saturated heterocycles. The van der Waals surface area contributed by atoms with Gasteiger partial charge in [-0.15, -0.1) is 0 Å². The third-order valence-corrected chi connectivity index (χ3v) is 7.52. The minimum atomic E-state index is -5.88. The maximum atomic E-state index is 15.6. The van der Waals surface area contributed by atoms with Gasteiger partial charge in [-0.1, -0.05) is 0 Å². The molecule has 2 aliphatic rings. The Labute approximate surface area is 256 Å². The number of rotatable bonds is 10. The molecule has 3 aromatic rings. The number of aryl methyl sites for hydroxylation is 1. The van der Waals surface area contributed by atoms with Crippen molar-refractivity contribution in [2.45, 2.75) is 54.0 Å². The van der Waals surface area contributed by atoms with Gasteiger partial charge >= 0.3 is 47.1 Å². The Morgan fingerprint density at radius 1 is 0.383 bits per heavy atom. The van der Waals surface area contributed by atoms with Gasteiger partial charge in [0.05, 0.1) is 14.2 Å². The molecule has 0 N–H and O–H groups in total. The predicted molar refractivity (Wildman–Crippen MR) is 135 cm³/mol. The van der Waals surface area contributed by atoms with Crippen molar-refractivity contribution in [1.29, 1.82) is 0 Å². The maximum Gasteiger partial charge on any atom is 0.395 e. The van der Waals surface area contributed by atoms with Crippen molar-refractivity contribution in [1.82, 2.24) is 0 Å². The van der Waals surface area contributed by atoms with E-state index in [-0.39, 0.29) is 11.5 Å². The Kier molecular flexibility index (Phi) is 7.45. The van der Waals surface area contributed by atoms with E-state index >= 15 is 17.6 Å². The van der Waals surface area contributed by atoms with Gasteiger partial charge in [-0.05, 0) is 79.2 Å². The Hall–Kier alpha value is -4.38. The first-order valence-corrected chi connectivity index (χ1v) is 13.0. The molecule has 2 aliphatic carbocycles. The lowest BCUT2D eigenvalue weighted by atomic mass is 9.76. The predicted octanol–water partition coefficient (Wildman–Crippen LogP) is 8.16. The highest BCUT2D eigenvalue weighted by atomic mass is 19.3. The molecule has 3 aromatic carbocycles. The number of alkyl halides is 12. The standard InChI is InChI=1S/C29H20F12O6/c1-15-14-20(46-27(39)23(32,33)22(30,31)26(27,38)44-18-8-4-16(42-2)5-9-18)12-13-21(15)47-29(41)25(36,37)24(34,35)28(29,40)45-19-10-6-17(43-3)7-11-19/h4-14H,1-3H3. The molecule has 47 heavy (non-hydrogen) atoms. The van der Waals surface area contributed by atoms with Gasteiger partial charge in [0.25, 0.3) is 0 Å². The van der Waals surface area contributed by atoms with Gasteiger partial charge in [0.15, 0.2) is 0 Å². The zero-order chi connectivity index (χ0) is 35.1. The molecule has 4 atom stereocenters. The lowest BCUT2D eigenvalue weighted by molar-refractivity contribution is -0.527. The zero-order valence-electron chi connectivity index (χ0n) is 23.8. The second kappa shape index (κ2) is 10.3. The van der Waals surface area contributed by atoms with Crippen LogP contribution < -0.4 is 28.4 Å². The van der Waals surface area contributed by atoms with Crippen LogP contribution in [0, 0.1) is 6.92 Å². The molecule has 18 heteroatoms. The van der Waals surface area contributed by atoms with Crippen molar-refractivity contribution in [2.75, 3.05) is 14.2 Å². The second-order valence-electron chi connectivity index (χ2n) is 10.4. The first kappa shape index (κ1) is 34.0. The summed E-state index contributed by atoms with van der Waals surface area (Å²) < 4.78 is 204. The van der Waals surface area contributed by atoms with E-state index < -0.39 is 75.7 Å². The quantitative estimate of drug-likeness (QED) is 0.200. The van der Waals surface area contributed by atoms with E-state index in [0.717, 1.165) is 55.5 Å². The summed E-state index contributed by atoms with van der Waals surface area (Å²) >= 11 is 0. The second-order valence-corrected chi connectivity index (χ2v) is 10.4. The Bertz CT molecular complexity index is 1660. The van der Waals surface area contributed by atoms with Crippen LogP contribution in [-0.4, -0.2) is 61.3 Å². The number of halogens is 12. The first-order valence-electron chi connectivity index (χ1n) is 13.0. The topological polar surface area (TPSA) is 55.4 Å². The number of methoxy groups -OCH3 is 2. The van der Waals surface area contributed by atoms with Crippen LogP contribution in [-0.2, 0) is 0 Å². The Morgan fingerprint density at radius 3 is 0.979 bits per heavy atom. The number of ether oxygens (including phenoxy) is 6. The summed E-state index contributed by atoms with van der Waals surface area (Å²) in [4.78, 5) is 0. The van der Waals surface area contributed by atoms with Crippen molar-refractivity contribution in [3.63, 3.8) is 0 Å². The van der Waals surface area contributed by atoms with E-state index in [1.54, 1.807) is 0 Å². The highest BCUT2D eigenvalue weighted by molar-refractivity contribution is 5.43. The molecule has 5 rings (SSSR count). The van der Waals surface area contributed by atoms with Gasteiger partial charge < -0.3 is 28.4 Å². The lowest BCUT2D eigenvalue weighted by Crippen LogP contribution is -2.89. The highest BCUT2D eigenvalue weighted by Crippen LogP contribution is 2.70. The largest absolute Gasteiger partial charge is 0.497 e. The monoisotopic (exact) mass is 692 g/mol. The van der Waals surface area contributed by atoms with Crippen LogP contribution in [0.4, 0.5) is 52.7 Å². The average molecular weight is 692 g/mol. The van der Waals surface area contributed by atoms with Crippen molar-refractivity contribution >= 4 is 0 Å². The van der Waals surface area contributed by atoms with Crippen LogP contribution in [0.3, 0.4) is 0 Å². The molecule has 6 nitrogen and oxygen atoms in total. The number of hydrogen-bond acceptors (Lipinski definition) is 6. The van der Waals surface area contributed by atoms with E-state index in [4.69, 9.17) is 9.47 Å². The Morgan fingerprint density at radius 2 is 0.660 bits per heavy atom. The van der Waals surface area contributed by atoms with Crippen molar-refractivity contribution in [3.8, 4) is 34.5 Å². The van der Waals surface area contributed by atoms with Gasteiger partial charge in [0.1, 0.15) is 34.5 Å². The summed E-state index contributed by atoms with van der Waals surface area (Å²) in [5.74, 6) is -48.1. The molecule has 2 fully saturated rings. The van der Waals surface area contributed by atoms with Gasteiger partial charge in [-0.3, -0.25) is 0 Å². The molecule has 2 saturated carbocycles. The zero-order valence-corrected chi connectivity index (χ0v) is 23.8. The average Bonchev–Trinajstić information content (AvgIpc) is 3.01. The molecule has 0 amide bonds. The fourth-order valence-corrected chi connectivity index (χ4v) is 4.74. The number of benzene rings is 3. The molecule has 256 valence electrons. The summed E-state index contributed by atoms with van der Waals surface area (Å²) in [5.41, 5.74) is -0.712. The maximum absolute atomic E-state index is 15.6. The normalized spacial score (nSPS) is 31.0.